The van der Waals surface area contributed by atoms with Crippen LogP contribution < -0.4 is 4.90 Å². The molecule has 130 valence electrons. The quantitative estimate of drug-likeness (QED) is 0.911. The van der Waals surface area contributed by atoms with E-state index in [1.54, 1.807) is 0 Å². The van der Waals surface area contributed by atoms with Crippen molar-refractivity contribution in [3.05, 3.63) is 41.3 Å². The van der Waals surface area contributed by atoms with Crippen LogP contribution in [0.15, 0.2) is 24.4 Å². The van der Waals surface area contributed by atoms with Crippen LogP contribution in [0.2, 0.25) is 0 Å². The zero-order chi connectivity index (χ0) is 16.8. The van der Waals surface area contributed by atoms with Crippen molar-refractivity contribution in [2.45, 2.75) is 38.1 Å². The molecule has 5 rings (SSSR count). The van der Waals surface area contributed by atoms with Crippen molar-refractivity contribution in [1.82, 2.24) is 20.1 Å². The van der Waals surface area contributed by atoms with E-state index in [4.69, 9.17) is 0 Å². The molecule has 25 heavy (non-hydrogen) atoms. The Morgan fingerprint density at radius 1 is 1.20 bits per heavy atom. The lowest BCUT2D eigenvalue weighted by Crippen LogP contribution is -2.40. The zero-order valence-electron chi connectivity index (χ0n) is 14.3. The molecule has 2 aliphatic heterocycles. The topological polar surface area (TPSA) is 65.1 Å². The first-order valence-electron chi connectivity index (χ1n) is 9.34. The Kier molecular flexibility index (Phi) is 3.50. The number of pyridine rings is 1. The number of likely N-dealkylation sites (tertiary alicyclic amines) is 1. The molecule has 2 aromatic heterocycles. The van der Waals surface area contributed by atoms with Gasteiger partial charge in [-0.1, -0.05) is 6.07 Å². The van der Waals surface area contributed by atoms with Gasteiger partial charge in [-0.05, 0) is 44.2 Å². The van der Waals surface area contributed by atoms with Crippen LogP contribution >= 0.6 is 0 Å². The number of carbonyl (C=O) groups is 1. The van der Waals surface area contributed by atoms with Crippen LogP contribution in [-0.2, 0) is 12.8 Å². The Balaban J connectivity index is 1.37. The van der Waals surface area contributed by atoms with Crippen LogP contribution in [0.5, 0.6) is 0 Å². The lowest BCUT2D eigenvalue weighted by Gasteiger charge is -2.25. The molecule has 1 N–H and O–H groups in total. The molecule has 6 heteroatoms. The first-order valence-corrected chi connectivity index (χ1v) is 9.34. The van der Waals surface area contributed by atoms with Gasteiger partial charge in [0.15, 0.2) is 5.69 Å². The highest BCUT2D eigenvalue weighted by atomic mass is 16.2. The van der Waals surface area contributed by atoms with E-state index in [0.717, 1.165) is 51.1 Å². The van der Waals surface area contributed by atoms with Gasteiger partial charge in [-0.3, -0.25) is 9.89 Å². The lowest BCUT2D eigenvalue weighted by atomic mass is 9.95. The summed E-state index contributed by atoms with van der Waals surface area (Å²) < 4.78 is 0. The van der Waals surface area contributed by atoms with E-state index in [1.165, 1.54) is 17.7 Å². The minimum atomic E-state index is 0.120. The third-order valence-electron chi connectivity index (χ3n) is 6.04. The first kappa shape index (κ1) is 14.9. The van der Waals surface area contributed by atoms with Gasteiger partial charge in [0.25, 0.3) is 5.91 Å². The molecule has 2 aromatic rings. The summed E-state index contributed by atoms with van der Waals surface area (Å²) in [5.74, 6) is 1.68. The number of nitrogens with one attached hydrogen (secondary N) is 1. The number of hydrogen-bond donors (Lipinski definition) is 1. The van der Waals surface area contributed by atoms with Crippen molar-refractivity contribution in [3.8, 4) is 0 Å². The summed E-state index contributed by atoms with van der Waals surface area (Å²) in [5, 5.41) is 7.50. The molecule has 3 aliphatic rings. The highest BCUT2D eigenvalue weighted by Crippen LogP contribution is 2.35. The van der Waals surface area contributed by atoms with Gasteiger partial charge in [0.2, 0.25) is 0 Å². The number of aryl methyl sites for hydroxylation is 1. The van der Waals surface area contributed by atoms with E-state index < -0.39 is 0 Å². The van der Waals surface area contributed by atoms with Crippen molar-refractivity contribution in [2.24, 2.45) is 5.92 Å². The second-order valence-electron chi connectivity index (χ2n) is 7.44. The molecule has 2 saturated heterocycles. The maximum Gasteiger partial charge on any atom is 0.274 e. The van der Waals surface area contributed by atoms with Crippen LogP contribution in [0.4, 0.5) is 5.82 Å². The molecule has 0 radical (unpaired) electrons. The Morgan fingerprint density at radius 3 is 3.00 bits per heavy atom. The van der Waals surface area contributed by atoms with Gasteiger partial charge in [-0.2, -0.15) is 5.10 Å². The summed E-state index contributed by atoms with van der Waals surface area (Å²) in [5.41, 5.74) is 3.01. The summed E-state index contributed by atoms with van der Waals surface area (Å²) in [6.45, 7) is 2.72. The molecule has 0 aromatic carbocycles. The SMILES string of the molecule is O=C(c1n[nH]c2c1CCCC2)N1CCC2CN(c3ccccn3)CC21. The summed E-state index contributed by atoms with van der Waals surface area (Å²) in [7, 11) is 0. The molecular formula is C19H23N5O. The second kappa shape index (κ2) is 5.86. The Hall–Kier alpha value is -2.37. The van der Waals surface area contributed by atoms with Crippen LogP contribution in [0.25, 0.3) is 0 Å². The lowest BCUT2D eigenvalue weighted by molar-refractivity contribution is 0.0731. The Morgan fingerprint density at radius 2 is 2.12 bits per heavy atom. The highest BCUT2D eigenvalue weighted by molar-refractivity contribution is 5.94. The molecule has 1 amide bonds. The summed E-state index contributed by atoms with van der Waals surface area (Å²) in [4.78, 5) is 22.0. The number of anilines is 1. The minimum absolute atomic E-state index is 0.120. The van der Waals surface area contributed by atoms with E-state index in [-0.39, 0.29) is 11.9 Å². The molecule has 2 atom stereocenters. The normalized spacial score (nSPS) is 25.1. The van der Waals surface area contributed by atoms with Crippen LogP contribution in [0.3, 0.4) is 0 Å². The monoisotopic (exact) mass is 337 g/mol. The van der Waals surface area contributed by atoms with E-state index in [1.807, 2.05) is 18.3 Å². The average molecular weight is 337 g/mol. The Bertz CT molecular complexity index is 786. The molecule has 0 saturated carbocycles. The van der Waals surface area contributed by atoms with E-state index in [0.29, 0.717) is 11.6 Å². The number of aromatic amines is 1. The molecule has 2 unspecified atom stereocenters. The molecular weight excluding hydrogens is 314 g/mol. The van der Waals surface area contributed by atoms with Crippen molar-refractivity contribution in [2.75, 3.05) is 24.5 Å². The van der Waals surface area contributed by atoms with Gasteiger partial charge in [-0.25, -0.2) is 4.98 Å². The predicted octanol–water partition coefficient (Wildman–Crippen LogP) is 2.03. The molecule has 0 bridgehead atoms. The number of aromatic nitrogens is 3. The van der Waals surface area contributed by atoms with Gasteiger partial charge in [0, 0.05) is 43.0 Å². The van der Waals surface area contributed by atoms with Crippen LogP contribution in [-0.4, -0.2) is 51.7 Å². The number of hydrogen-bond acceptors (Lipinski definition) is 4. The fraction of sp³-hybridized carbons (Fsp3) is 0.526. The third-order valence-corrected chi connectivity index (χ3v) is 6.04. The number of fused-ring (bicyclic) bond motifs is 2. The van der Waals surface area contributed by atoms with Crippen molar-refractivity contribution in [3.63, 3.8) is 0 Å². The fourth-order valence-corrected chi connectivity index (χ4v) is 4.74. The number of H-pyrrole nitrogens is 1. The maximum absolute atomic E-state index is 13.2. The maximum atomic E-state index is 13.2. The smallest absolute Gasteiger partial charge is 0.274 e. The molecule has 1 aliphatic carbocycles. The van der Waals surface area contributed by atoms with E-state index in [2.05, 4.69) is 31.0 Å². The second-order valence-corrected chi connectivity index (χ2v) is 7.44. The molecule has 2 fully saturated rings. The first-order chi connectivity index (χ1) is 12.3. The third kappa shape index (κ3) is 2.42. The van der Waals surface area contributed by atoms with Gasteiger partial charge in [-0.15, -0.1) is 0 Å². The van der Waals surface area contributed by atoms with Gasteiger partial charge in [0.1, 0.15) is 5.82 Å². The van der Waals surface area contributed by atoms with Gasteiger partial charge in [0.05, 0.1) is 6.04 Å². The predicted molar refractivity (Wildman–Crippen MR) is 94.6 cm³/mol. The number of carbonyl (C=O) groups excluding carboxylic acids is 1. The van der Waals surface area contributed by atoms with Crippen molar-refractivity contribution in [1.29, 1.82) is 0 Å². The van der Waals surface area contributed by atoms with Crippen molar-refractivity contribution >= 4 is 11.7 Å². The number of amides is 1. The highest BCUT2D eigenvalue weighted by Gasteiger charge is 2.44. The molecule has 0 spiro atoms. The molecule has 6 nitrogen and oxygen atoms in total. The van der Waals surface area contributed by atoms with Crippen LogP contribution in [0.1, 0.15) is 41.0 Å². The largest absolute Gasteiger partial charge is 0.354 e. The zero-order valence-corrected chi connectivity index (χ0v) is 14.3. The van der Waals surface area contributed by atoms with E-state index >= 15 is 0 Å². The number of rotatable bonds is 2. The Labute approximate surface area is 147 Å². The average Bonchev–Trinajstić information content (AvgIpc) is 3.35. The van der Waals surface area contributed by atoms with E-state index in [9.17, 15) is 4.79 Å². The molecule has 4 heterocycles. The van der Waals surface area contributed by atoms with Gasteiger partial charge >= 0.3 is 0 Å². The summed E-state index contributed by atoms with van der Waals surface area (Å²) >= 11 is 0. The van der Waals surface area contributed by atoms with Gasteiger partial charge < -0.3 is 9.80 Å². The summed E-state index contributed by atoms with van der Waals surface area (Å²) in [6.07, 6.45) is 7.27. The number of nitrogens with zero attached hydrogens (tertiary/aromatic N) is 4. The standard InChI is InChI=1S/C19H23N5O/c25-19(18-14-5-1-2-6-15(14)21-22-18)24-10-8-13-11-23(12-16(13)24)17-7-3-4-9-20-17/h3-4,7,9,13,16H,1-2,5-6,8,10-12H2,(H,21,22). The van der Waals surface area contributed by atoms with Crippen molar-refractivity contribution < 1.29 is 4.79 Å². The van der Waals surface area contributed by atoms with Crippen LogP contribution in [0, 0.1) is 5.92 Å². The minimum Gasteiger partial charge on any atom is -0.354 e. The summed E-state index contributed by atoms with van der Waals surface area (Å²) in [6, 6.07) is 6.30. The fourth-order valence-electron chi connectivity index (χ4n) is 4.74.